The summed E-state index contributed by atoms with van der Waals surface area (Å²) in [4.78, 5) is 36.8. The zero-order valence-corrected chi connectivity index (χ0v) is 33.9. The molecule has 0 aliphatic heterocycles. The molecular formula is C44H49N7O6S. The van der Waals surface area contributed by atoms with E-state index >= 15 is 0 Å². The summed E-state index contributed by atoms with van der Waals surface area (Å²) in [5.41, 5.74) is 9.21. The van der Waals surface area contributed by atoms with Gasteiger partial charge in [-0.25, -0.2) is 4.98 Å². The summed E-state index contributed by atoms with van der Waals surface area (Å²) >= 11 is 1.59. The van der Waals surface area contributed by atoms with E-state index in [0.717, 1.165) is 57.7 Å². The molecule has 1 fully saturated rings. The number of amides is 1. The first-order chi connectivity index (χ1) is 28.0. The molecule has 0 spiro atoms. The summed E-state index contributed by atoms with van der Waals surface area (Å²) in [5, 5.41) is 41.7. The van der Waals surface area contributed by atoms with Crippen LogP contribution in [-0.4, -0.2) is 72.5 Å². The van der Waals surface area contributed by atoms with E-state index in [2.05, 4.69) is 36.0 Å². The molecule has 4 aromatic heterocycles. The summed E-state index contributed by atoms with van der Waals surface area (Å²) in [6.45, 7) is 8.71. The van der Waals surface area contributed by atoms with Crippen LogP contribution < -0.4 is 15.4 Å². The fraction of sp³-hybridized carbons (Fsp3) is 0.409. The minimum absolute atomic E-state index is 0.138. The van der Waals surface area contributed by atoms with Crippen molar-refractivity contribution >= 4 is 34.1 Å². The second-order valence-corrected chi connectivity index (χ2v) is 16.8. The molecule has 6 aromatic rings. The molecule has 58 heavy (non-hydrogen) atoms. The number of phenolic OH excluding ortho intramolecular Hbond substituents is 1. The van der Waals surface area contributed by atoms with Crippen molar-refractivity contribution in [1.29, 1.82) is 0 Å². The lowest BCUT2D eigenvalue weighted by Gasteiger charge is -2.25. The second-order valence-electron chi connectivity index (χ2n) is 16.0. The van der Waals surface area contributed by atoms with E-state index in [-0.39, 0.29) is 48.3 Å². The van der Waals surface area contributed by atoms with Gasteiger partial charge in [0.15, 0.2) is 11.4 Å². The molecule has 0 saturated heterocycles. The number of thiazole rings is 1. The number of carbonyl (C=O) groups is 2. The fourth-order valence-electron chi connectivity index (χ4n) is 8.66. The van der Waals surface area contributed by atoms with Gasteiger partial charge in [0, 0.05) is 41.2 Å². The van der Waals surface area contributed by atoms with Crippen molar-refractivity contribution in [2.24, 2.45) is 17.8 Å². The number of hydrogen-bond donors (Lipinski definition) is 5. The van der Waals surface area contributed by atoms with Gasteiger partial charge in [0.1, 0.15) is 18.1 Å². The van der Waals surface area contributed by atoms with Crippen LogP contribution in [0.2, 0.25) is 0 Å². The number of Topliss-reactive ketones (excluding diaryl/α,β-unsaturated/α-hetero) is 1. The monoisotopic (exact) mass is 803 g/mol. The smallest absolute Gasteiger partial charge is 0.254 e. The number of rotatable bonds is 14. The van der Waals surface area contributed by atoms with Crippen molar-refractivity contribution in [2.75, 3.05) is 13.2 Å². The van der Waals surface area contributed by atoms with Crippen LogP contribution in [0.3, 0.4) is 0 Å². The third-order valence-corrected chi connectivity index (χ3v) is 12.7. The molecule has 4 heterocycles. The highest BCUT2D eigenvalue weighted by molar-refractivity contribution is 7.13. The SMILES string of the molecule is Cc1ncsc1-c1ccc([C@H](C)NC(=O)[C@@H]2C[C@@H](O)CC2C(=O)[C@@H](c2cc(OCCN[C@H]3CCc4[nH]c5nnc(-c6ccccc6O)cc5c4C3)no2)C(C)C)cc1. The maximum atomic E-state index is 14.2. The molecule has 2 aromatic carbocycles. The van der Waals surface area contributed by atoms with Crippen LogP contribution in [0.1, 0.15) is 80.3 Å². The normalized spacial score (nSPS) is 20.2. The third-order valence-electron chi connectivity index (χ3n) is 11.7. The van der Waals surface area contributed by atoms with Crippen molar-refractivity contribution in [3.8, 4) is 33.3 Å². The van der Waals surface area contributed by atoms with Crippen LogP contribution >= 0.6 is 11.3 Å². The van der Waals surface area contributed by atoms with Crippen LogP contribution in [0.4, 0.5) is 0 Å². The number of carbonyl (C=O) groups excluding carboxylic acids is 2. The number of benzene rings is 2. The summed E-state index contributed by atoms with van der Waals surface area (Å²) in [5.74, 6) is -1.66. The lowest BCUT2D eigenvalue weighted by molar-refractivity contribution is -0.134. The minimum Gasteiger partial charge on any atom is -0.507 e. The number of hydrogen-bond acceptors (Lipinski definition) is 12. The topological polar surface area (TPSA) is 188 Å². The highest BCUT2D eigenvalue weighted by Crippen LogP contribution is 2.40. The molecule has 14 heteroatoms. The van der Waals surface area contributed by atoms with Gasteiger partial charge in [0.25, 0.3) is 5.88 Å². The Morgan fingerprint density at radius 1 is 1.05 bits per heavy atom. The number of nitrogens with zero attached hydrogens (tertiary/aromatic N) is 4. The largest absolute Gasteiger partial charge is 0.507 e. The van der Waals surface area contributed by atoms with Crippen molar-refractivity contribution in [1.82, 2.24) is 36.0 Å². The van der Waals surface area contributed by atoms with E-state index in [1.165, 1.54) is 5.56 Å². The number of fused-ring (bicyclic) bond motifs is 3. The van der Waals surface area contributed by atoms with Gasteiger partial charge >= 0.3 is 0 Å². The molecule has 2 aliphatic rings. The Balaban J connectivity index is 0.858. The number of H-pyrrole nitrogens is 1. The standard InChI is InChI=1S/C44H49N7O6S/c1-23(2)40(41(54)32-18-29(52)19-34(32)44(55)47-24(3)26-9-11-27(12-10-26)42-25(4)46-22-58-42)38-21-39(51-57-38)56-16-15-45-28-13-14-35-31(17-28)33-20-36(49-50-43(33)48-35)30-7-5-6-8-37(30)53/h5-12,20-24,28-29,32,34,40,45,52-53H,13-19H2,1-4H3,(H,47,55)(H,48,50)/t24-,28-,29-,32?,34+,40+/m0/s1. The number of nitrogens with one attached hydrogen (secondary N) is 3. The van der Waals surface area contributed by atoms with Crippen molar-refractivity contribution in [3.05, 3.63) is 94.4 Å². The molecule has 0 radical (unpaired) electrons. The summed E-state index contributed by atoms with van der Waals surface area (Å²) in [6.07, 6.45) is 2.31. The molecule has 8 rings (SSSR count). The molecule has 1 amide bonds. The second kappa shape index (κ2) is 16.8. The number of aryl methyl sites for hydroxylation is 2. The molecule has 6 atom stereocenters. The number of aliphatic hydroxyl groups is 1. The van der Waals surface area contributed by atoms with Crippen LogP contribution in [0.5, 0.6) is 11.6 Å². The van der Waals surface area contributed by atoms with E-state index in [0.29, 0.717) is 36.0 Å². The lowest BCUT2D eigenvalue weighted by Crippen LogP contribution is -2.38. The van der Waals surface area contributed by atoms with E-state index in [9.17, 15) is 19.8 Å². The van der Waals surface area contributed by atoms with Crippen LogP contribution in [0, 0.1) is 24.7 Å². The molecule has 1 unspecified atom stereocenters. The van der Waals surface area contributed by atoms with E-state index in [1.54, 1.807) is 29.5 Å². The molecule has 302 valence electrons. The fourth-order valence-corrected chi connectivity index (χ4v) is 9.47. The third kappa shape index (κ3) is 8.13. The number of aromatic amines is 1. The van der Waals surface area contributed by atoms with Crippen molar-refractivity contribution in [3.63, 3.8) is 0 Å². The van der Waals surface area contributed by atoms with Crippen molar-refractivity contribution < 1.29 is 29.1 Å². The molecular weight excluding hydrogens is 755 g/mol. The molecule has 2 aliphatic carbocycles. The molecule has 1 saturated carbocycles. The van der Waals surface area contributed by atoms with Gasteiger partial charge in [-0.3, -0.25) is 9.59 Å². The maximum absolute atomic E-state index is 14.2. The molecule has 5 N–H and O–H groups in total. The highest BCUT2D eigenvalue weighted by atomic mass is 32.1. The van der Waals surface area contributed by atoms with Crippen LogP contribution in [0.25, 0.3) is 32.7 Å². The first kappa shape index (κ1) is 39.4. The average Bonchev–Trinajstić information content (AvgIpc) is 4.03. The minimum atomic E-state index is -0.752. The van der Waals surface area contributed by atoms with Gasteiger partial charge in [-0.15, -0.1) is 21.5 Å². The van der Waals surface area contributed by atoms with Crippen molar-refractivity contribution in [2.45, 2.75) is 83.9 Å². The van der Waals surface area contributed by atoms with Gasteiger partial charge in [-0.05, 0) is 91.9 Å². The lowest BCUT2D eigenvalue weighted by atomic mass is 9.79. The first-order valence-corrected chi connectivity index (χ1v) is 20.9. The summed E-state index contributed by atoms with van der Waals surface area (Å²) in [7, 11) is 0. The summed E-state index contributed by atoms with van der Waals surface area (Å²) in [6, 6.07) is 18.8. The number of aromatic hydroxyl groups is 1. The number of phenols is 1. The molecule has 13 nitrogen and oxygen atoms in total. The maximum Gasteiger partial charge on any atom is 0.254 e. The zero-order valence-electron chi connectivity index (χ0n) is 33.1. The average molecular weight is 804 g/mol. The van der Waals surface area contributed by atoms with Gasteiger partial charge in [-0.1, -0.05) is 50.2 Å². The predicted molar refractivity (Wildman–Crippen MR) is 220 cm³/mol. The number of ether oxygens (including phenoxy) is 1. The zero-order chi connectivity index (χ0) is 40.5. The van der Waals surface area contributed by atoms with Gasteiger partial charge < -0.3 is 35.1 Å². The predicted octanol–water partition coefficient (Wildman–Crippen LogP) is 6.85. The Morgan fingerprint density at radius 2 is 1.84 bits per heavy atom. The van der Waals surface area contributed by atoms with Gasteiger partial charge in [0.05, 0.1) is 45.8 Å². The van der Waals surface area contributed by atoms with Crippen LogP contribution in [0.15, 0.2) is 70.7 Å². The Kier molecular flexibility index (Phi) is 11.4. The Bertz CT molecular complexity index is 2400. The van der Waals surface area contributed by atoms with E-state index in [4.69, 9.17) is 9.26 Å². The Labute approximate surface area is 340 Å². The number of ketones is 1. The van der Waals surface area contributed by atoms with Gasteiger partial charge in [0.2, 0.25) is 5.91 Å². The number of para-hydroxylation sites is 1. The summed E-state index contributed by atoms with van der Waals surface area (Å²) < 4.78 is 11.7. The Hall–Kier alpha value is -5.44. The van der Waals surface area contributed by atoms with Gasteiger partial charge in [-0.2, -0.15) is 0 Å². The number of aromatic nitrogens is 5. The van der Waals surface area contributed by atoms with Crippen LogP contribution in [-0.2, 0) is 22.4 Å². The number of aliphatic hydroxyl groups excluding tert-OH is 1. The van der Waals surface area contributed by atoms with E-state index in [1.807, 2.05) is 75.7 Å². The Morgan fingerprint density at radius 3 is 2.60 bits per heavy atom. The van der Waals surface area contributed by atoms with E-state index < -0.39 is 23.9 Å². The molecule has 0 bridgehead atoms. The highest BCUT2D eigenvalue weighted by Gasteiger charge is 2.46. The first-order valence-electron chi connectivity index (χ1n) is 20.0. The quantitative estimate of drug-likeness (QED) is 0.0725.